The van der Waals surface area contributed by atoms with Crippen LogP contribution in [-0.4, -0.2) is 22.8 Å². The van der Waals surface area contributed by atoms with Crippen LogP contribution in [0.1, 0.15) is 25.0 Å². The van der Waals surface area contributed by atoms with E-state index in [2.05, 4.69) is 5.32 Å². The highest BCUT2D eigenvalue weighted by molar-refractivity contribution is 6.37. The minimum Gasteiger partial charge on any atom is -0.350 e. The standard InChI is InChI=1S/C20H18ClFN2O2/c1-11(2)24-19(25)17(13-7-9-14(22)10-8-13)18(20(24)26)23-16-6-4-5-15(21)12(16)3/h4-11,23H,1-3H3. The van der Waals surface area contributed by atoms with Crippen LogP contribution in [-0.2, 0) is 9.59 Å². The second-order valence-corrected chi connectivity index (χ2v) is 6.78. The average molecular weight is 373 g/mol. The van der Waals surface area contributed by atoms with Crippen LogP contribution in [0, 0.1) is 12.7 Å². The molecule has 0 fully saturated rings. The van der Waals surface area contributed by atoms with Gasteiger partial charge in [-0.25, -0.2) is 4.39 Å². The second-order valence-electron chi connectivity index (χ2n) is 6.37. The number of carbonyl (C=O) groups is 2. The number of hydrogen-bond donors (Lipinski definition) is 1. The van der Waals surface area contributed by atoms with E-state index in [1.165, 1.54) is 29.2 Å². The number of carbonyl (C=O) groups excluding carboxylic acids is 2. The van der Waals surface area contributed by atoms with Crippen LogP contribution in [0.15, 0.2) is 48.2 Å². The highest BCUT2D eigenvalue weighted by atomic mass is 35.5. The van der Waals surface area contributed by atoms with Crippen LogP contribution in [0.3, 0.4) is 0 Å². The second kappa shape index (κ2) is 6.92. The Morgan fingerprint density at radius 2 is 1.69 bits per heavy atom. The number of amides is 2. The van der Waals surface area contributed by atoms with E-state index in [9.17, 15) is 14.0 Å². The van der Waals surface area contributed by atoms with Crippen LogP contribution in [0.5, 0.6) is 0 Å². The van der Waals surface area contributed by atoms with Gasteiger partial charge in [0.15, 0.2) is 0 Å². The lowest BCUT2D eigenvalue weighted by Gasteiger charge is -2.19. The van der Waals surface area contributed by atoms with Gasteiger partial charge < -0.3 is 5.32 Å². The molecule has 3 rings (SSSR count). The zero-order chi connectivity index (χ0) is 19.0. The summed E-state index contributed by atoms with van der Waals surface area (Å²) in [5, 5.41) is 3.62. The van der Waals surface area contributed by atoms with E-state index in [1.54, 1.807) is 32.0 Å². The van der Waals surface area contributed by atoms with Gasteiger partial charge in [-0.05, 0) is 56.2 Å². The third-order valence-corrected chi connectivity index (χ3v) is 4.70. The number of anilines is 1. The molecule has 0 saturated carbocycles. The van der Waals surface area contributed by atoms with E-state index in [0.29, 0.717) is 16.3 Å². The molecule has 0 radical (unpaired) electrons. The number of imide groups is 1. The van der Waals surface area contributed by atoms with Crippen molar-refractivity contribution in [3.8, 4) is 0 Å². The van der Waals surface area contributed by atoms with Crippen molar-refractivity contribution in [2.24, 2.45) is 0 Å². The molecule has 2 aromatic carbocycles. The van der Waals surface area contributed by atoms with Crippen molar-refractivity contribution >= 4 is 34.7 Å². The Bertz CT molecular complexity index is 920. The molecule has 26 heavy (non-hydrogen) atoms. The number of nitrogens with zero attached hydrogens (tertiary/aromatic N) is 1. The van der Waals surface area contributed by atoms with E-state index in [4.69, 9.17) is 11.6 Å². The van der Waals surface area contributed by atoms with Gasteiger partial charge in [0.2, 0.25) is 0 Å². The summed E-state index contributed by atoms with van der Waals surface area (Å²) < 4.78 is 13.3. The van der Waals surface area contributed by atoms with E-state index in [1.807, 2.05) is 6.92 Å². The smallest absolute Gasteiger partial charge is 0.278 e. The summed E-state index contributed by atoms with van der Waals surface area (Å²) in [6.07, 6.45) is 0. The SMILES string of the molecule is Cc1c(Cl)cccc1NC1=C(c2ccc(F)cc2)C(=O)N(C(C)C)C1=O. The van der Waals surface area contributed by atoms with Gasteiger partial charge >= 0.3 is 0 Å². The molecule has 1 aliphatic rings. The summed E-state index contributed by atoms with van der Waals surface area (Å²) >= 11 is 6.15. The molecule has 0 saturated heterocycles. The Hall–Kier alpha value is -2.66. The average Bonchev–Trinajstić information content (AvgIpc) is 2.83. The van der Waals surface area contributed by atoms with Gasteiger partial charge in [-0.2, -0.15) is 0 Å². The first-order valence-electron chi connectivity index (χ1n) is 8.21. The summed E-state index contributed by atoms with van der Waals surface area (Å²) in [6.45, 7) is 5.36. The van der Waals surface area contributed by atoms with Gasteiger partial charge in [0, 0.05) is 16.8 Å². The number of hydrogen-bond acceptors (Lipinski definition) is 3. The molecule has 2 amide bonds. The predicted octanol–water partition coefficient (Wildman–Crippen LogP) is 4.39. The van der Waals surface area contributed by atoms with E-state index in [-0.39, 0.29) is 17.3 Å². The van der Waals surface area contributed by atoms with E-state index < -0.39 is 17.6 Å². The Kier molecular flexibility index (Phi) is 4.83. The van der Waals surface area contributed by atoms with E-state index in [0.717, 1.165) is 5.56 Å². The van der Waals surface area contributed by atoms with Crippen LogP contribution < -0.4 is 5.32 Å². The van der Waals surface area contributed by atoms with Crippen molar-refractivity contribution in [3.05, 3.63) is 70.1 Å². The van der Waals surface area contributed by atoms with Crippen LogP contribution >= 0.6 is 11.6 Å². The lowest BCUT2D eigenvalue weighted by molar-refractivity contribution is -0.138. The fourth-order valence-electron chi connectivity index (χ4n) is 2.89. The quantitative estimate of drug-likeness (QED) is 0.810. The third-order valence-electron chi connectivity index (χ3n) is 4.29. The summed E-state index contributed by atoms with van der Waals surface area (Å²) in [6, 6.07) is 10.5. The number of benzene rings is 2. The van der Waals surface area contributed by atoms with Crippen molar-refractivity contribution < 1.29 is 14.0 Å². The molecule has 1 N–H and O–H groups in total. The Morgan fingerprint density at radius 1 is 1.04 bits per heavy atom. The molecule has 0 unspecified atom stereocenters. The summed E-state index contributed by atoms with van der Waals surface area (Å²) in [4.78, 5) is 27.0. The molecule has 0 spiro atoms. The number of rotatable bonds is 4. The van der Waals surface area contributed by atoms with Crippen molar-refractivity contribution in [3.63, 3.8) is 0 Å². The normalized spacial score (nSPS) is 14.6. The Morgan fingerprint density at radius 3 is 2.31 bits per heavy atom. The van der Waals surface area contributed by atoms with Crippen LogP contribution in [0.2, 0.25) is 5.02 Å². The molecule has 134 valence electrons. The largest absolute Gasteiger partial charge is 0.350 e. The lowest BCUT2D eigenvalue weighted by Crippen LogP contribution is -2.38. The molecular weight excluding hydrogens is 355 g/mol. The molecule has 1 aliphatic heterocycles. The Labute approximate surface area is 156 Å². The molecular formula is C20H18ClFN2O2. The summed E-state index contributed by atoms with van der Waals surface area (Å²) in [5.41, 5.74) is 2.28. The van der Waals surface area contributed by atoms with Crippen molar-refractivity contribution in [1.82, 2.24) is 4.90 Å². The first-order valence-corrected chi connectivity index (χ1v) is 8.59. The highest BCUT2D eigenvalue weighted by Crippen LogP contribution is 2.33. The molecule has 4 nitrogen and oxygen atoms in total. The molecule has 0 atom stereocenters. The maximum absolute atomic E-state index is 13.3. The fourth-order valence-corrected chi connectivity index (χ4v) is 3.07. The number of halogens is 2. The molecule has 0 bridgehead atoms. The first-order chi connectivity index (χ1) is 12.3. The molecule has 0 aromatic heterocycles. The van der Waals surface area contributed by atoms with Gasteiger partial charge in [-0.1, -0.05) is 29.8 Å². The molecule has 1 heterocycles. The lowest BCUT2D eigenvalue weighted by atomic mass is 10.0. The van der Waals surface area contributed by atoms with Crippen molar-refractivity contribution in [2.75, 3.05) is 5.32 Å². The maximum Gasteiger partial charge on any atom is 0.278 e. The minimum atomic E-state index is -0.413. The van der Waals surface area contributed by atoms with Gasteiger partial charge in [-0.15, -0.1) is 0 Å². The topological polar surface area (TPSA) is 49.4 Å². The fraction of sp³-hybridized carbons (Fsp3) is 0.200. The molecule has 6 heteroatoms. The minimum absolute atomic E-state index is 0.167. The summed E-state index contributed by atoms with van der Waals surface area (Å²) in [7, 11) is 0. The zero-order valence-electron chi connectivity index (χ0n) is 14.6. The van der Waals surface area contributed by atoms with Gasteiger partial charge in [-0.3, -0.25) is 14.5 Å². The van der Waals surface area contributed by atoms with Crippen LogP contribution in [0.25, 0.3) is 5.57 Å². The van der Waals surface area contributed by atoms with Gasteiger partial charge in [0.05, 0.1) is 5.57 Å². The summed E-state index contributed by atoms with van der Waals surface area (Å²) in [5.74, 6) is -1.23. The third kappa shape index (κ3) is 3.10. The molecule has 2 aromatic rings. The zero-order valence-corrected chi connectivity index (χ0v) is 15.4. The first kappa shape index (κ1) is 18.1. The van der Waals surface area contributed by atoms with Crippen molar-refractivity contribution in [1.29, 1.82) is 0 Å². The van der Waals surface area contributed by atoms with Crippen LogP contribution in [0.4, 0.5) is 10.1 Å². The van der Waals surface area contributed by atoms with E-state index >= 15 is 0 Å². The van der Waals surface area contributed by atoms with Crippen molar-refractivity contribution in [2.45, 2.75) is 26.8 Å². The monoisotopic (exact) mass is 372 g/mol. The predicted molar refractivity (Wildman–Crippen MR) is 100 cm³/mol. The molecule has 0 aliphatic carbocycles. The maximum atomic E-state index is 13.3. The van der Waals surface area contributed by atoms with Gasteiger partial charge in [0.25, 0.3) is 11.8 Å². The highest BCUT2D eigenvalue weighted by Gasteiger charge is 2.40. The Balaban J connectivity index is 2.14. The van der Waals surface area contributed by atoms with Gasteiger partial charge in [0.1, 0.15) is 11.5 Å². The number of nitrogens with one attached hydrogen (secondary N) is 1.